The lowest BCUT2D eigenvalue weighted by atomic mass is 10.0. The predicted molar refractivity (Wildman–Crippen MR) is 138 cm³/mol. The van der Waals surface area contributed by atoms with Crippen LogP contribution < -0.4 is 10.1 Å². The van der Waals surface area contributed by atoms with E-state index >= 15 is 0 Å². The molecule has 4 rings (SSSR count). The zero-order chi connectivity index (χ0) is 25.3. The van der Waals surface area contributed by atoms with Gasteiger partial charge in [0.25, 0.3) is 5.91 Å². The van der Waals surface area contributed by atoms with Crippen molar-refractivity contribution in [3.8, 4) is 5.75 Å². The molecule has 1 saturated carbocycles. The molecule has 2 amide bonds. The Morgan fingerprint density at radius 2 is 1.61 bits per heavy atom. The largest absolute Gasteiger partial charge is 0.484 e. The SMILES string of the molecule is Cc1ccc(OCC(=O)N(Cc2ccc(F)cc2)[C@H](Cc2ccccc2)C(=O)NC2CCCC2)cc1. The number of benzene rings is 3. The highest BCUT2D eigenvalue weighted by atomic mass is 19.1. The summed E-state index contributed by atoms with van der Waals surface area (Å²) in [6, 6.07) is 22.6. The van der Waals surface area contributed by atoms with Crippen LogP contribution in [-0.2, 0) is 22.6 Å². The molecule has 36 heavy (non-hydrogen) atoms. The molecule has 1 atom stereocenters. The van der Waals surface area contributed by atoms with Gasteiger partial charge in [0.1, 0.15) is 17.6 Å². The number of amides is 2. The van der Waals surface area contributed by atoms with Gasteiger partial charge in [-0.25, -0.2) is 4.39 Å². The summed E-state index contributed by atoms with van der Waals surface area (Å²) in [6.45, 7) is 1.95. The number of ether oxygens (including phenoxy) is 1. The fourth-order valence-corrected chi connectivity index (χ4v) is 4.57. The highest BCUT2D eigenvalue weighted by Crippen LogP contribution is 2.20. The van der Waals surface area contributed by atoms with Crippen LogP contribution >= 0.6 is 0 Å². The Morgan fingerprint density at radius 3 is 2.28 bits per heavy atom. The summed E-state index contributed by atoms with van der Waals surface area (Å²) >= 11 is 0. The summed E-state index contributed by atoms with van der Waals surface area (Å²) in [5.41, 5.74) is 2.80. The van der Waals surface area contributed by atoms with E-state index in [-0.39, 0.29) is 36.8 Å². The molecule has 1 fully saturated rings. The molecule has 0 saturated heterocycles. The smallest absolute Gasteiger partial charge is 0.261 e. The first kappa shape index (κ1) is 25.4. The number of carbonyl (C=O) groups is 2. The molecule has 0 aromatic heterocycles. The van der Waals surface area contributed by atoms with Crippen molar-refractivity contribution < 1.29 is 18.7 Å². The fourth-order valence-electron chi connectivity index (χ4n) is 4.57. The number of halogens is 1. The molecule has 188 valence electrons. The molecule has 0 spiro atoms. The van der Waals surface area contributed by atoms with Crippen LogP contribution in [0.25, 0.3) is 0 Å². The van der Waals surface area contributed by atoms with Crippen LogP contribution in [-0.4, -0.2) is 35.4 Å². The minimum absolute atomic E-state index is 0.127. The van der Waals surface area contributed by atoms with Gasteiger partial charge in [-0.1, -0.05) is 73.0 Å². The Balaban J connectivity index is 1.59. The van der Waals surface area contributed by atoms with Gasteiger partial charge in [0, 0.05) is 19.0 Å². The number of nitrogens with zero attached hydrogens (tertiary/aromatic N) is 1. The van der Waals surface area contributed by atoms with Crippen molar-refractivity contribution in [3.05, 3.63) is 101 Å². The first-order valence-corrected chi connectivity index (χ1v) is 12.6. The van der Waals surface area contributed by atoms with Gasteiger partial charge in [0.05, 0.1) is 0 Å². The number of hydrogen-bond acceptors (Lipinski definition) is 3. The van der Waals surface area contributed by atoms with Crippen LogP contribution in [0.3, 0.4) is 0 Å². The third-order valence-electron chi connectivity index (χ3n) is 6.62. The molecular weight excluding hydrogens is 455 g/mol. The molecule has 0 unspecified atom stereocenters. The Bertz CT molecular complexity index is 1130. The molecule has 1 aliphatic rings. The van der Waals surface area contributed by atoms with Crippen molar-refractivity contribution in [3.63, 3.8) is 0 Å². The van der Waals surface area contributed by atoms with Gasteiger partial charge in [-0.05, 0) is 55.2 Å². The van der Waals surface area contributed by atoms with E-state index in [4.69, 9.17) is 4.74 Å². The first-order chi connectivity index (χ1) is 17.5. The first-order valence-electron chi connectivity index (χ1n) is 12.6. The summed E-state index contributed by atoms with van der Waals surface area (Å²) in [4.78, 5) is 28.7. The van der Waals surface area contributed by atoms with Gasteiger partial charge < -0.3 is 15.0 Å². The Hall–Kier alpha value is -3.67. The van der Waals surface area contributed by atoms with Crippen molar-refractivity contribution in [2.75, 3.05) is 6.61 Å². The molecule has 1 N–H and O–H groups in total. The molecule has 3 aromatic carbocycles. The van der Waals surface area contributed by atoms with Gasteiger partial charge in [-0.15, -0.1) is 0 Å². The second-order valence-electron chi connectivity index (χ2n) is 9.45. The van der Waals surface area contributed by atoms with Gasteiger partial charge in [-0.3, -0.25) is 9.59 Å². The average Bonchev–Trinajstić information content (AvgIpc) is 3.40. The van der Waals surface area contributed by atoms with Crippen LogP contribution in [0.1, 0.15) is 42.4 Å². The van der Waals surface area contributed by atoms with E-state index in [1.807, 2.05) is 61.5 Å². The summed E-state index contributed by atoms with van der Waals surface area (Å²) < 4.78 is 19.3. The Labute approximate surface area is 212 Å². The monoisotopic (exact) mass is 488 g/mol. The van der Waals surface area contributed by atoms with Gasteiger partial charge in [0.2, 0.25) is 5.91 Å². The van der Waals surface area contributed by atoms with Crippen LogP contribution in [0.4, 0.5) is 4.39 Å². The van der Waals surface area contributed by atoms with Crippen molar-refractivity contribution in [1.29, 1.82) is 0 Å². The standard InChI is InChI=1S/C30H33FN2O3/c1-22-11-17-27(18-12-22)36-21-29(34)33(20-24-13-15-25(31)16-14-24)28(19-23-7-3-2-4-8-23)30(35)32-26-9-5-6-10-26/h2-4,7-8,11-18,26,28H,5-6,9-10,19-21H2,1H3,(H,32,35)/t28-/m1/s1. The van der Waals surface area contributed by atoms with Crippen LogP contribution in [0.2, 0.25) is 0 Å². The average molecular weight is 489 g/mol. The minimum atomic E-state index is -0.729. The van der Waals surface area contributed by atoms with Gasteiger partial charge in [0.15, 0.2) is 6.61 Å². The van der Waals surface area contributed by atoms with Gasteiger partial charge in [-0.2, -0.15) is 0 Å². The number of hydrogen-bond donors (Lipinski definition) is 1. The Morgan fingerprint density at radius 1 is 0.944 bits per heavy atom. The zero-order valence-corrected chi connectivity index (χ0v) is 20.7. The fraction of sp³-hybridized carbons (Fsp3) is 0.333. The van der Waals surface area contributed by atoms with Crippen LogP contribution in [0, 0.1) is 12.7 Å². The highest BCUT2D eigenvalue weighted by Gasteiger charge is 2.32. The van der Waals surface area contributed by atoms with Crippen LogP contribution in [0.5, 0.6) is 5.75 Å². The molecule has 3 aromatic rings. The van der Waals surface area contributed by atoms with E-state index in [0.717, 1.165) is 42.4 Å². The second kappa shape index (κ2) is 12.3. The van der Waals surface area contributed by atoms with E-state index in [2.05, 4.69) is 5.32 Å². The third-order valence-corrected chi connectivity index (χ3v) is 6.62. The molecule has 5 nitrogen and oxygen atoms in total. The molecule has 0 heterocycles. The molecular formula is C30H33FN2O3. The molecule has 6 heteroatoms. The van der Waals surface area contributed by atoms with E-state index in [0.29, 0.717) is 12.2 Å². The summed E-state index contributed by atoms with van der Waals surface area (Å²) in [5.74, 6) is -0.233. The maximum atomic E-state index is 13.6. The second-order valence-corrected chi connectivity index (χ2v) is 9.45. The van der Waals surface area contributed by atoms with Crippen molar-refractivity contribution in [2.45, 2.75) is 57.7 Å². The lowest BCUT2D eigenvalue weighted by Gasteiger charge is -2.32. The van der Waals surface area contributed by atoms with E-state index in [1.165, 1.54) is 12.1 Å². The minimum Gasteiger partial charge on any atom is -0.484 e. The predicted octanol–water partition coefficient (Wildman–Crippen LogP) is 5.21. The molecule has 1 aliphatic carbocycles. The highest BCUT2D eigenvalue weighted by molar-refractivity contribution is 5.88. The lowest BCUT2D eigenvalue weighted by molar-refractivity contribution is -0.143. The van der Waals surface area contributed by atoms with E-state index in [1.54, 1.807) is 17.0 Å². The lowest BCUT2D eigenvalue weighted by Crippen LogP contribution is -2.53. The summed E-state index contributed by atoms with van der Waals surface area (Å²) in [6.07, 6.45) is 4.46. The number of carbonyl (C=O) groups excluding carboxylic acids is 2. The van der Waals surface area contributed by atoms with Crippen molar-refractivity contribution >= 4 is 11.8 Å². The van der Waals surface area contributed by atoms with E-state index < -0.39 is 6.04 Å². The third kappa shape index (κ3) is 7.17. The normalized spacial score (nSPS) is 14.3. The van der Waals surface area contributed by atoms with E-state index in [9.17, 15) is 14.0 Å². The summed E-state index contributed by atoms with van der Waals surface area (Å²) in [5, 5.41) is 3.18. The molecule has 0 radical (unpaired) electrons. The quantitative estimate of drug-likeness (QED) is 0.426. The Kier molecular flexibility index (Phi) is 8.71. The number of aryl methyl sites for hydroxylation is 1. The zero-order valence-electron chi connectivity index (χ0n) is 20.7. The van der Waals surface area contributed by atoms with Crippen LogP contribution in [0.15, 0.2) is 78.9 Å². The number of rotatable bonds is 10. The number of nitrogens with one attached hydrogen (secondary N) is 1. The maximum absolute atomic E-state index is 13.6. The van der Waals surface area contributed by atoms with Crippen molar-refractivity contribution in [1.82, 2.24) is 10.2 Å². The maximum Gasteiger partial charge on any atom is 0.261 e. The topological polar surface area (TPSA) is 58.6 Å². The molecule has 0 aliphatic heterocycles. The van der Waals surface area contributed by atoms with Crippen molar-refractivity contribution in [2.24, 2.45) is 0 Å². The molecule has 0 bridgehead atoms. The van der Waals surface area contributed by atoms with Gasteiger partial charge >= 0.3 is 0 Å². The summed E-state index contributed by atoms with van der Waals surface area (Å²) in [7, 11) is 0.